The first-order chi connectivity index (χ1) is 6.60. The second-order valence-electron chi connectivity index (χ2n) is 2.43. The molecular weight excluding hydrogens is 258 g/mol. The van der Waals surface area contributed by atoms with Crippen LogP contribution in [0.25, 0.3) is 0 Å². The summed E-state index contributed by atoms with van der Waals surface area (Å²) in [5, 5.41) is 17.9. The Morgan fingerprint density at radius 1 is 1.64 bits per heavy atom. The molecule has 1 aromatic rings. The van der Waals surface area contributed by atoms with Crippen molar-refractivity contribution < 1.29 is 13.9 Å². The van der Waals surface area contributed by atoms with Crippen LogP contribution >= 0.6 is 15.9 Å². The molecule has 0 saturated heterocycles. The molecule has 0 aliphatic heterocycles. The summed E-state index contributed by atoms with van der Waals surface area (Å²) in [6.07, 6.45) is -2.82. The first-order valence-electron chi connectivity index (χ1n) is 3.57. The lowest BCUT2D eigenvalue weighted by Gasteiger charge is -2.05. The van der Waals surface area contributed by atoms with Crippen molar-refractivity contribution in [3.63, 3.8) is 0 Å². The lowest BCUT2D eigenvalue weighted by Crippen LogP contribution is -1.99. The number of halogens is 3. The number of alkyl halides is 3. The van der Waals surface area contributed by atoms with E-state index in [1.807, 2.05) is 0 Å². The fourth-order valence-electron chi connectivity index (χ4n) is 0.911. The molecule has 1 rings (SSSR count). The van der Waals surface area contributed by atoms with Crippen LogP contribution in [0.1, 0.15) is 23.4 Å². The minimum atomic E-state index is -2.82. The predicted molar refractivity (Wildman–Crippen MR) is 48.2 cm³/mol. The molecule has 14 heavy (non-hydrogen) atoms. The first-order valence-corrected chi connectivity index (χ1v) is 4.69. The van der Waals surface area contributed by atoms with Gasteiger partial charge in [-0.2, -0.15) is 5.26 Å². The average molecular weight is 263 g/mol. The monoisotopic (exact) mass is 262 g/mol. The highest BCUT2D eigenvalue weighted by atomic mass is 79.9. The zero-order chi connectivity index (χ0) is 10.7. The second kappa shape index (κ2) is 4.33. The van der Waals surface area contributed by atoms with Crippen molar-refractivity contribution in [2.45, 2.75) is 11.8 Å². The van der Waals surface area contributed by atoms with Gasteiger partial charge in [-0.15, -0.1) is 0 Å². The van der Waals surface area contributed by atoms with Crippen LogP contribution in [-0.4, -0.2) is 10.1 Å². The summed E-state index contributed by atoms with van der Waals surface area (Å²) in [7, 11) is 0. The second-order valence-corrected chi connectivity index (χ2v) is 2.99. The number of rotatable bonds is 2. The van der Waals surface area contributed by atoms with Crippen molar-refractivity contribution in [3.8, 4) is 11.8 Å². The summed E-state index contributed by atoms with van der Waals surface area (Å²) in [6, 6.07) is 2.54. The van der Waals surface area contributed by atoms with Gasteiger partial charge < -0.3 is 5.11 Å². The minimum absolute atomic E-state index is 0.0966. The molecule has 0 saturated carbocycles. The van der Waals surface area contributed by atoms with Gasteiger partial charge in [-0.1, -0.05) is 15.9 Å². The molecule has 0 aliphatic carbocycles. The van der Waals surface area contributed by atoms with E-state index in [4.69, 9.17) is 5.26 Å². The summed E-state index contributed by atoms with van der Waals surface area (Å²) >= 11 is 2.99. The number of aromatic nitrogens is 1. The number of hydrogen-bond acceptors (Lipinski definition) is 3. The fraction of sp³-hybridized carbons (Fsp3) is 0.250. The molecule has 1 N–H and O–H groups in total. The van der Waals surface area contributed by atoms with E-state index in [9.17, 15) is 13.9 Å². The molecule has 3 nitrogen and oxygen atoms in total. The van der Waals surface area contributed by atoms with E-state index in [-0.39, 0.29) is 22.3 Å². The van der Waals surface area contributed by atoms with Crippen LogP contribution < -0.4 is 0 Å². The summed E-state index contributed by atoms with van der Waals surface area (Å²) in [5.74, 6) is -0.261. The van der Waals surface area contributed by atoms with E-state index in [0.717, 1.165) is 6.07 Å². The Kier molecular flexibility index (Phi) is 3.36. The molecule has 74 valence electrons. The summed E-state index contributed by atoms with van der Waals surface area (Å²) in [4.78, 5) is 3.49. The number of pyridine rings is 1. The fourth-order valence-corrected chi connectivity index (χ4v) is 1.32. The standard InChI is InChI=1S/C8H5BrF2N2O/c9-2-5-6(14)1-4(3-12)7(13-5)8(10)11/h1,8,14H,2H2. The molecule has 0 atom stereocenters. The van der Waals surface area contributed by atoms with Gasteiger partial charge in [-0.3, -0.25) is 0 Å². The smallest absolute Gasteiger partial charge is 0.281 e. The van der Waals surface area contributed by atoms with Crippen molar-refractivity contribution in [2.24, 2.45) is 0 Å². The molecule has 0 aliphatic rings. The molecule has 0 fully saturated rings. The maximum absolute atomic E-state index is 12.4. The molecule has 0 spiro atoms. The Morgan fingerprint density at radius 3 is 2.71 bits per heavy atom. The van der Waals surface area contributed by atoms with Crippen molar-refractivity contribution in [1.82, 2.24) is 4.98 Å². The van der Waals surface area contributed by atoms with Gasteiger partial charge in [0.2, 0.25) is 0 Å². The third-order valence-corrected chi connectivity index (χ3v) is 2.09. The molecule has 0 radical (unpaired) electrons. The van der Waals surface area contributed by atoms with Gasteiger partial charge in [0.1, 0.15) is 17.5 Å². The van der Waals surface area contributed by atoms with E-state index in [1.165, 1.54) is 0 Å². The van der Waals surface area contributed by atoms with Gasteiger partial charge in [0.05, 0.1) is 11.3 Å². The third-order valence-electron chi connectivity index (χ3n) is 1.56. The van der Waals surface area contributed by atoms with Crippen molar-refractivity contribution in [3.05, 3.63) is 23.0 Å². The van der Waals surface area contributed by atoms with E-state index < -0.39 is 12.1 Å². The van der Waals surface area contributed by atoms with Gasteiger partial charge >= 0.3 is 0 Å². The highest BCUT2D eigenvalue weighted by Gasteiger charge is 2.17. The van der Waals surface area contributed by atoms with Crippen molar-refractivity contribution in [2.75, 3.05) is 0 Å². The van der Waals surface area contributed by atoms with Gasteiger partial charge in [-0.25, -0.2) is 13.8 Å². The molecule has 0 aromatic carbocycles. The Bertz CT molecular complexity index is 390. The summed E-state index contributed by atoms with van der Waals surface area (Å²) < 4.78 is 24.7. The summed E-state index contributed by atoms with van der Waals surface area (Å²) in [5.41, 5.74) is -0.804. The van der Waals surface area contributed by atoms with Crippen LogP contribution in [0.15, 0.2) is 6.07 Å². The molecule has 1 aromatic heterocycles. The zero-order valence-corrected chi connectivity index (χ0v) is 8.42. The topological polar surface area (TPSA) is 56.9 Å². The number of nitrogens with zero attached hydrogens (tertiary/aromatic N) is 2. The van der Waals surface area contributed by atoms with E-state index >= 15 is 0 Å². The molecule has 0 amide bonds. The van der Waals surface area contributed by atoms with E-state index in [0.29, 0.717) is 0 Å². The van der Waals surface area contributed by atoms with Crippen molar-refractivity contribution in [1.29, 1.82) is 5.26 Å². The number of hydrogen-bond donors (Lipinski definition) is 1. The highest BCUT2D eigenvalue weighted by Crippen LogP contribution is 2.26. The van der Waals surface area contributed by atoms with E-state index in [2.05, 4.69) is 20.9 Å². The SMILES string of the molecule is N#Cc1cc(O)c(CBr)nc1C(F)F. The van der Waals surface area contributed by atoms with Crippen LogP contribution in [0.3, 0.4) is 0 Å². The predicted octanol–water partition coefficient (Wildman–Crippen LogP) is 2.49. The Hall–Kier alpha value is -1.22. The van der Waals surface area contributed by atoms with Gasteiger partial charge in [0.25, 0.3) is 6.43 Å². The Labute approximate surface area is 87.1 Å². The zero-order valence-electron chi connectivity index (χ0n) is 6.84. The number of aromatic hydroxyl groups is 1. The van der Waals surface area contributed by atoms with Gasteiger partial charge in [0, 0.05) is 11.4 Å². The van der Waals surface area contributed by atoms with Crippen LogP contribution in [0.4, 0.5) is 8.78 Å². The third kappa shape index (κ3) is 1.99. The molecule has 0 unspecified atom stereocenters. The van der Waals surface area contributed by atoms with E-state index in [1.54, 1.807) is 6.07 Å². The van der Waals surface area contributed by atoms with Crippen LogP contribution in [0.5, 0.6) is 5.75 Å². The first kappa shape index (κ1) is 10.9. The minimum Gasteiger partial charge on any atom is -0.506 e. The van der Waals surface area contributed by atoms with Crippen LogP contribution in [-0.2, 0) is 5.33 Å². The molecule has 6 heteroatoms. The normalized spacial score (nSPS) is 10.2. The van der Waals surface area contributed by atoms with Gasteiger partial charge in [0.15, 0.2) is 0 Å². The lowest BCUT2D eigenvalue weighted by molar-refractivity contribution is 0.145. The maximum atomic E-state index is 12.4. The summed E-state index contributed by atoms with van der Waals surface area (Å²) in [6.45, 7) is 0. The Balaban J connectivity index is 3.34. The largest absolute Gasteiger partial charge is 0.506 e. The highest BCUT2D eigenvalue weighted by molar-refractivity contribution is 9.08. The molecular formula is C8H5BrF2N2O. The van der Waals surface area contributed by atoms with Gasteiger partial charge in [-0.05, 0) is 0 Å². The Morgan fingerprint density at radius 2 is 2.29 bits per heavy atom. The molecule has 1 heterocycles. The van der Waals surface area contributed by atoms with Crippen LogP contribution in [0.2, 0.25) is 0 Å². The molecule has 0 bridgehead atoms. The van der Waals surface area contributed by atoms with Crippen LogP contribution in [0, 0.1) is 11.3 Å². The maximum Gasteiger partial charge on any atom is 0.281 e. The van der Waals surface area contributed by atoms with Crippen molar-refractivity contribution >= 4 is 15.9 Å². The quantitative estimate of drug-likeness (QED) is 0.834. The lowest BCUT2D eigenvalue weighted by atomic mass is 10.2. The number of nitriles is 1. The average Bonchev–Trinajstić information content (AvgIpc) is 2.16.